The zero-order valence-corrected chi connectivity index (χ0v) is 19.3. The van der Waals surface area contributed by atoms with Gasteiger partial charge in [-0.1, -0.05) is 17.3 Å². The number of amides is 1. The third kappa shape index (κ3) is 4.70. The van der Waals surface area contributed by atoms with E-state index in [0.717, 1.165) is 40.6 Å². The highest BCUT2D eigenvalue weighted by Crippen LogP contribution is 2.33. The molecule has 5 rings (SSSR count). The summed E-state index contributed by atoms with van der Waals surface area (Å²) in [6.07, 6.45) is 1.22. The minimum Gasteiger partial charge on any atom is -0.490 e. The lowest BCUT2D eigenvalue weighted by Gasteiger charge is -2.33. The summed E-state index contributed by atoms with van der Waals surface area (Å²) in [5.41, 5.74) is 1.91. The number of nitrogens with one attached hydrogen (secondary N) is 1. The van der Waals surface area contributed by atoms with Crippen LogP contribution >= 0.6 is 0 Å². The van der Waals surface area contributed by atoms with Gasteiger partial charge in [-0.3, -0.25) is 0 Å². The second-order valence-electron chi connectivity index (χ2n) is 9.29. The summed E-state index contributed by atoms with van der Waals surface area (Å²) in [7, 11) is 0. The summed E-state index contributed by atoms with van der Waals surface area (Å²) in [6.45, 7) is 6.82. The molecule has 0 unspecified atom stereocenters. The van der Waals surface area contributed by atoms with Gasteiger partial charge >= 0.3 is 6.09 Å². The van der Waals surface area contributed by atoms with Crippen molar-refractivity contribution in [1.29, 1.82) is 0 Å². The molecule has 1 aliphatic heterocycles. The summed E-state index contributed by atoms with van der Waals surface area (Å²) in [4.78, 5) is 14.0. The van der Waals surface area contributed by atoms with Crippen molar-refractivity contribution in [1.82, 2.24) is 30.7 Å². The van der Waals surface area contributed by atoms with Crippen molar-refractivity contribution >= 4 is 17.0 Å². The van der Waals surface area contributed by atoms with E-state index in [1.54, 1.807) is 4.90 Å². The van der Waals surface area contributed by atoms with E-state index in [1.165, 1.54) is 0 Å². The van der Waals surface area contributed by atoms with E-state index in [-0.39, 0.29) is 12.2 Å². The maximum absolute atomic E-state index is 12.3. The Labute approximate surface area is 196 Å². The maximum atomic E-state index is 12.3. The van der Waals surface area contributed by atoms with Crippen LogP contribution in [0.15, 0.2) is 47.0 Å². The van der Waals surface area contributed by atoms with Crippen LogP contribution < -0.4 is 4.74 Å². The van der Waals surface area contributed by atoms with E-state index in [9.17, 15) is 4.79 Å². The Hall–Kier alpha value is -3.95. The van der Waals surface area contributed by atoms with E-state index in [0.29, 0.717) is 24.7 Å². The number of piperidine rings is 1. The number of nitrogens with zero attached hydrogens (tertiary/aromatic N) is 5. The number of carbonyl (C=O) groups excluding carboxylic acids is 1. The molecule has 1 aliphatic rings. The van der Waals surface area contributed by atoms with Crippen LogP contribution in [0.3, 0.4) is 0 Å². The van der Waals surface area contributed by atoms with Crippen LogP contribution in [-0.4, -0.2) is 61.6 Å². The lowest BCUT2D eigenvalue weighted by Crippen LogP contribution is -2.44. The van der Waals surface area contributed by atoms with E-state index >= 15 is 0 Å². The van der Waals surface area contributed by atoms with Gasteiger partial charge in [0.1, 0.15) is 23.0 Å². The summed E-state index contributed by atoms with van der Waals surface area (Å²) < 4.78 is 17.4. The molecule has 0 bridgehead atoms. The molecule has 1 saturated heterocycles. The minimum atomic E-state index is -0.498. The summed E-state index contributed by atoms with van der Waals surface area (Å²) in [5.74, 6) is 1.89. The van der Waals surface area contributed by atoms with E-state index < -0.39 is 5.60 Å². The van der Waals surface area contributed by atoms with Crippen molar-refractivity contribution in [3.8, 4) is 28.5 Å². The smallest absolute Gasteiger partial charge is 0.410 e. The first-order valence-electron chi connectivity index (χ1n) is 11.2. The van der Waals surface area contributed by atoms with Crippen molar-refractivity contribution in [2.75, 3.05) is 13.1 Å². The number of ether oxygens (including phenoxy) is 2. The molecule has 4 aromatic rings. The number of aromatic amines is 1. The van der Waals surface area contributed by atoms with Gasteiger partial charge in [0, 0.05) is 37.1 Å². The van der Waals surface area contributed by atoms with Gasteiger partial charge in [0.2, 0.25) is 5.82 Å². The number of likely N-dealkylation sites (tertiary alicyclic amines) is 1. The average Bonchev–Trinajstić information content (AvgIpc) is 3.48. The quantitative estimate of drug-likeness (QED) is 0.472. The van der Waals surface area contributed by atoms with Crippen molar-refractivity contribution in [2.24, 2.45) is 0 Å². The van der Waals surface area contributed by atoms with Gasteiger partial charge in [-0.05, 0) is 56.3 Å². The van der Waals surface area contributed by atoms with Gasteiger partial charge in [0.25, 0.3) is 0 Å². The topological polar surface area (TPSA) is 119 Å². The standard InChI is InChI=1S/C24H26N6O4/c1-24(2,3)33-23(31)30-11-9-17(10-12-30)32-18-6-4-5-15(13-18)21-19-14-16(22-25-28-29-26-22)7-8-20(19)27-34-21/h4-8,13-14,17H,9-12H2,1-3H3,(H,25,26,28,29). The number of hydrogen-bond acceptors (Lipinski definition) is 8. The fraction of sp³-hybridized carbons (Fsp3) is 0.375. The number of hydrogen-bond donors (Lipinski definition) is 1. The zero-order valence-electron chi connectivity index (χ0n) is 19.3. The monoisotopic (exact) mass is 462 g/mol. The van der Waals surface area contributed by atoms with Crippen LogP contribution in [0.5, 0.6) is 5.75 Å². The highest BCUT2D eigenvalue weighted by molar-refractivity contribution is 5.94. The first kappa shape index (κ1) is 21.9. The zero-order chi connectivity index (χ0) is 23.7. The lowest BCUT2D eigenvalue weighted by molar-refractivity contribution is 0.0126. The molecule has 176 valence electrons. The normalized spacial score (nSPS) is 15.0. The van der Waals surface area contributed by atoms with Crippen LogP contribution in [0.2, 0.25) is 0 Å². The molecule has 0 aliphatic carbocycles. The molecule has 1 N–H and O–H groups in total. The Morgan fingerprint density at radius 2 is 1.94 bits per heavy atom. The number of carbonyl (C=O) groups is 1. The Morgan fingerprint density at radius 3 is 2.68 bits per heavy atom. The van der Waals surface area contributed by atoms with Crippen LogP contribution in [0.25, 0.3) is 33.6 Å². The molecule has 10 nitrogen and oxygen atoms in total. The van der Waals surface area contributed by atoms with Crippen molar-refractivity contribution < 1.29 is 18.8 Å². The van der Waals surface area contributed by atoms with E-state index in [4.69, 9.17) is 14.0 Å². The van der Waals surface area contributed by atoms with Gasteiger partial charge in [-0.25, -0.2) is 4.79 Å². The van der Waals surface area contributed by atoms with Gasteiger partial charge in [-0.2, -0.15) is 5.21 Å². The van der Waals surface area contributed by atoms with Gasteiger partial charge in [-0.15, -0.1) is 10.2 Å². The van der Waals surface area contributed by atoms with Crippen LogP contribution in [0.4, 0.5) is 4.79 Å². The third-order valence-corrected chi connectivity index (χ3v) is 5.57. The number of H-pyrrole nitrogens is 1. The van der Waals surface area contributed by atoms with Gasteiger partial charge in [0.05, 0.1) is 5.39 Å². The Morgan fingerprint density at radius 1 is 1.12 bits per heavy atom. The third-order valence-electron chi connectivity index (χ3n) is 5.57. The van der Waals surface area contributed by atoms with Gasteiger partial charge in [0.15, 0.2) is 5.76 Å². The van der Waals surface area contributed by atoms with Crippen LogP contribution in [0.1, 0.15) is 33.6 Å². The molecule has 10 heteroatoms. The fourth-order valence-electron chi connectivity index (χ4n) is 3.96. The van der Waals surface area contributed by atoms with Gasteiger partial charge < -0.3 is 18.9 Å². The number of fused-ring (bicyclic) bond motifs is 1. The number of benzene rings is 2. The molecule has 0 spiro atoms. The molecule has 1 amide bonds. The molecule has 34 heavy (non-hydrogen) atoms. The first-order chi connectivity index (χ1) is 16.4. The second kappa shape index (κ2) is 8.77. The molecule has 3 heterocycles. The molecular formula is C24H26N6O4. The second-order valence-corrected chi connectivity index (χ2v) is 9.29. The highest BCUT2D eigenvalue weighted by Gasteiger charge is 2.27. The SMILES string of the molecule is CC(C)(C)OC(=O)N1CCC(Oc2cccc(-c3onc4ccc(-c5nn[nH]n5)cc34)c2)CC1. The summed E-state index contributed by atoms with van der Waals surface area (Å²) >= 11 is 0. The minimum absolute atomic E-state index is 0.0187. The molecule has 2 aromatic carbocycles. The molecule has 2 aromatic heterocycles. The van der Waals surface area contributed by atoms with Crippen molar-refractivity contribution in [3.05, 3.63) is 42.5 Å². The predicted molar refractivity (Wildman–Crippen MR) is 124 cm³/mol. The number of rotatable bonds is 4. The molecule has 0 saturated carbocycles. The first-order valence-corrected chi connectivity index (χ1v) is 11.2. The van der Waals surface area contributed by atoms with Crippen LogP contribution in [-0.2, 0) is 4.74 Å². The number of tetrazole rings is 1. The largest absolute Gasteiger partial charge is 0.490 e. The van der Waals surface area contributed by atoms with E-state index in [1.807, 2.05) is 63.2 Å². The maximum Gasteiger partial charge on any atom is 0.410 e. The highest BCUT2D eigenvalue weighted by atomic mass is 16.6. The lowest BCUT2D eigenvalue weighted by atomic mass is 10.1. The molecule has 0 atom stereocenters. The molecule has 0 radical (unpaired) electrons. The summed E-state index contributed by atoms with van der Waals surface area (Å²) in [6, 6.07) is 13.4. The fourth-order valence-corrected chi connectivity index (χ4v) is 3.96. The van der Waals surface area contributed by atoms with E-state index in [2.05, 4.69) is 25.8 Å². The Balaban J connectivity index is 1.29. The summed E-state index contributed by atoms with van der Waals surface area (Å²) in [5, 5.41) is 19.2. The number of aromatic nitrogens is 5. The molecule has 1 fully saturated rings. The van der Waals surface area contributed by atoms with Crippen molar-refractivity contribution in [3.63, 3.8) is 0 Å². The predicted octanol–water partition coefficient (Wildman–Crippen LogP) is 4.45. The van der Waals surface area contributed by atoms with Crippen molar-refractivity contribution in [2.45, 2.75) is 45.3 Å². The van der Waals surface area contributed by atoms with Crippen LogP contribution in [0, 0.1) is 0 Å². The Bertz CT molecular complexity index is 1290. The average molecular weight is 463 g/mol. The molecular weight excluding hydrogens is 436 g/mol. The Kier molecular flexibility index (Phi) is 5.64.